The van der Waals surface area contributed by atoms with E-state index in [2.05, 4.69) is 31.0 Å². The topological polar surface area (TPSA) is 60.9 Å². The van der Waals surface area contributed by atoms with Gasteiger partial charge in [0.25, 0.3) is 0 Å². The van der Waals surface area contributed by atoms with Crippen LogP contribution in [0.4, 0.5) is 0 Å². The van der Waals surface area contributed by atoms with Gasteiger partial charge in [-0.3, -0.25) is 9.36 Å². The van der Waals surface area contributed by atoms with Crippen molar-refractivity contribution in [2.45, 2.75) is 24.3 Å². The number of thioether (sulfide) groups is 1. The van der Waals surface area contributed by atoms with Crippen LogP contribution in [0.3, 0.4) is 0 Å². The molecule has 1 unspecified atom stereocenters. The molecule has 0 aliphatic rings. The lowest BCUT2D eigenvalue weighted by Gasteiger charge is -2.16. The molecule has 0 spiro atoms. The first-order valence-electron chi connectivity index (χ1n) is 7.69. The SMILES string of the molecule is Cc1cccc(-n2ccnc2SC(C(N)=O)c2ccccc2)c1C. The third-order valence-electron chi connectivity index (χ3n) is 4.03. The van der Waals surface area contributed by atoms with Crippen LogP contribution in [0, 0.1) is 13.8 Å². The number of aromatic nitrogens is 2. The van der Waals surface area contributed by atoms with Crippen molar-refractivity contribution in [2.24, 2.45) is 5.73 Å². The second-order valence-electron chi connectivity index (χ2n) is 5.61. The van der Waals surface area contributed by atoms with Crippen LogP contribution in [-0.2, 0) is 4.79 Å². The second kappa shape index (κ2) is 6.93. The molecular formula is C19H19N3OS. The van der Waals surface area contributed by atoms with E-state index in [0.717, 1.165) is 16.4 Å². The van der Waals surface area contributed by atoms with Gasteiger partial charge in [0, 0.05) is 12.4 Å². The maximum Gasteiger partial charge on any atom is 0.235 e. The van der Waals surface area contributed by atoms with Crippen molar-refractivity contribution >= 4 is 17.7 Å². The molecule has 1 heterocycles. The first-order valence-corrected chi connectivity index (χ1v) is 8.56. The number of nitrogens with two attached hydrogens (primary N) is 1. The van der Waals surface area contributed by atoms with Crippen molar-refractivity contribution in [1.82, 2.24) is 9.55 Å². The zero-order chi connectivity index (χ0) is 17.1. The molecule has 24 heavy (non-hydrogen) atoms. The minimum Gasteiger partial charge on any atom is -0.368 e. The number of carbonyl (C=O) groups is 1. The minimum atomic E-state index is -0.475. The summed E-state index contributed by atoms with van der Waals surface area (Å²) in [5.74, 6) is -0.373. The summed E-state index contributed by atoms with van der Waals surface area (Å²) in [7, 11) is 0. The molecule has 2 N–H and O–H groups in total. The summed E-state index contributed by atoms with van der Waals surface area (Å²) in [6.07, 6.45) is 3.65. The quantitative estimate of drug-likeness (QED) is 0.720. The Balaban J connectivity index is 1.98. The van der Waals surface area contributed by atoms with E-state index < -0.39 is 5.25 Å². The number of carbonyl (C=O) groups excluding carboxylic acids is 1. The summed E-state index contributed by atoms with van der Waals surface area (Å²) in [4.78, 5) is 16.4. The van der Waals surface area contributed by atoms with E-state index in [0.29, 0.717) is 0 Å². The molecule has 0 saturated heterocycles. The van der Waals surface area contributed by atoms with Crippen LogP contribution in [0.1, 0.15) is 21.9 Å². The van der Waals surface area contributed by atoms with E-state index in [1.165, 1.54) is 22.9 Å². The Morgan fingerprint density at radius 1 is 1.12 bits per heavy atom. The van der Waals surface area contributed by atoms with Crippen LogP contribution < -0.4 is 5.73 Å². The maximum atomic E-state index is 12.0. The van der Waals surface area contributed by atoms with E-state index in [1.807, 2.05) is 47.2 Å². The number of imidazole rings is 1. The summed E-state index contributed by atoms with van der Waals surface area (Å²) >= 11 is 1.37. The zero-order valence-corrected chi connectivity index (χ0v) is 14.5. The summed E-state index contributed by atoms with van der Waals surface area (Å²) in [5, 5.41) is 0.272. The molecule has 122 valence electrons. The molecule has 5 heteroatoms. The van der Waals surface area contributed by atoms with Crippen molar-refractivity contribution in [2.75, 3.05) is 0 Å². The molecule has 3 rings (SSSR count). The number of nitrogens with zero attached hydrogens (tertiary/aromatic N) is 2. The van der Waals surface area contributed by atoms with Crippen LogP contribution in [0.15, 0.2) is 66.1 Å². The van der Waals surface area contributed by atoms with Crippen molar-refractivity contribution in [1.29, 1.82) is 0 Å². The molecule has 1 amide bonds. The maximum absolute atomic E-state index is 12.0. The third kappa shape index (κ3) is 3.21. The fourth-order valence-electron chi connectivity index (χ4n) is 2.58. The summed E-state index contributed by atoms with van der Waals surface area (Å²) < 4.78 is 2.01. The number of benzene rings is 2. The highest BCUT2D eigenvalue weighted by molar-refractivity contribution is 8.00. The van der Waals surface area contributed by atoms with E-state index in [9.17, 15) is 4.79 Å². The molecule has 0 aliphatic heterocycles. The molecule has 0 fully saturated rings. The van der Waals surface area contributed by atoms with Gasteiger partial charge in [0.1, 0.15) is 5.25 Å². The average molecular weight is 337 g/mol. The van der Waals surface area contributed by atoms with Gasteiger partial charge in [0.15, 0.2) is 5.16 Å². The minimum absolute atomic E-state index is 0.373. The summed E-state index contributed by atoms with van der Waals surface area (Å²) in [6.45, 7) is 4.17. The Bertz CT molecular complexity index is 858. The highest BCUT2D eigenvalue weighted by atomic mass is 32.2. The van der Waals surface area contributed by atoms with Crippen LogP contribution in [0.25, 0.3) is 5.69 Å². The number of primary amides is 1. The normalized spacial score (nSPS) is 12.1. The van der Waals surface area contributed by atoms with Gasteiger partial charge in [-0.05, 0) is 36.6 Å². The van der Waals surface area contributed by atoms with Crippen molar-refractivity contribution in [3.63, 3.8) is 0 Å². The van der Waals surface area contributed by atoms with Gasteiger partial charge >= 0.3 is 0 Å². The lowest BCUT2D eigenvalue weighted by Crippen LogP contribution is -2.19. The molecule has 1 aromatic heterocycles. The van der Waals surface area contributed by atoms with Crippen LogP contribution in [-0.4, -0.2) is 15.5 Å². The lowest BCUT2D eigenvalue weighted by atomic mass is 10.1. The largest absolute Gasteiger partial charge is 0.368 e. The first-order chi connectivity index (χ1) is 11.6. The van der Waals surface area contributed by atoms with Gasteiger partial charge in [-0.2, -0.15) is 0 Å². The van der Waals surface area contributed by atoms with Crippen molar-refractivity contribution in [3.05, 3.63) is 77.6 Å². The molecular weight excluding hydrogens is 318 g/mol. The average Bonchev–Trinajstić information content (AvgIpc) is 3.04. The smallest absolute Gasteiger partial charge is 0.235 e. The molecule has 4 nitrogen and oxygen atoms in total. The van der Waals surface area contributed by atoms with Gasteiger partial charge in [-0.25, -0.2) is 4.98 Å². The summed E-state index contributed by atoms with van der Waals surface area (Å²) in [5.41, 5.74) is 9.97. The highest BCUT2D eigenvalue weighted by Gasteiger charge is 2.22. The number of hydrogen-bond donors (Lipinski definition) is 1. The Labute approximate surface area is 145 Å². The van der Waals surface area contributed by atoms with Gasteiger partial charge in [-0.15, -0.1) is 0 Å². The number of aryl methyl sites for hydroxylation is 1. The van der Waals surface area contributed by atoms with E-state index in [4.69, 9.17) is 5.73 Å². The lowest BCUT2D eigenvalue weighted by molar-refractivity contribution is -0.117. The Kier molecular flexibility index (Phi) is 4.71. The van der Waals surface area contributed by atoms with Crippen LogP contribution in [0.5, 0.6) is 0 Å². The zero-order valence-electron chi connectivity index (χ0n) is 13.6. The predicted molar refractivity (Wildman–Crippen MR) is 97.3 cm³/mol. The van der Waals surface area contributed by atoms with Crippen LogP contribution >= 0.6 is 11.8 Å². The van der Waals surface area contributed by atoms with Crippen LogP contribution in [0.2, 0.25) is 0 Å². The molecule has 0 saturated carbocycles. The Morgan fingerprint density at radius 2 is 1.88 bits per heavy atom. The monoisotopic (exact) mass is 337 g/mol. The Hall–Kier alpha value is -2.53. The molecule has 3 aromatic rings. The molecule has 2 aromatic carbocycles. The Morgan fingerprint density at radius 3 is 2.58 bits per heavy atom. The molecule has 0 bridgehead atoms. The third-order valence-corrected chi connectivity index (χ3v) is 5.28. The number of hydrogen-bond acceptors (Lipinski definition) is 3. The van der Waals surface area contributed by atoms with Gasteiger partial charge in [-0.1, -0.05) is 54.2 Å². The van der Waals surface area contributed by atoms with Gasteiger partial charge in [0.05, 0.1) is 5.69 Å². The first kappa shape index (κ1) is 16.3. The standard InChI is InChI=1S/C19H19N3OS/c1-13-7-6-10-16(14(13)2)22-12-11-21-19(22)24-17(18(20)23)15-8-4-3-5-9-15/h3-12,17H,1-2H3,(H2,20,23). The van der Waals surface area contributed by atoms with Gasteiger partial charge < -0.3 is 5.73 Å². The van der Waals surface area contributed by atoms with E-state index in [1.54, 1.807) is 6.20 Å². The second-order valence-corrected chi connectivity index (χ2v) is 6.68. The molecule has 0 aliphatic carbocycles. The molecule has 0 radical (unpaired) electrons. The van der Waals surface area contributed by atoms with Gasteiger partial charge in [0.2, 0.25) is 5.91 Å². The van der Waals surface area contributed by atoms with Crippen molar-refractivity contribution < 1.29 is 4.79 Å². The summed E-state index contributed by atoms with van der Waals surface area (Å²) in [6, 6.07) is 15.7. The highest BCUT2D eigenvalue weighted by Crippen LogP contribution is 2.35. The van der Waals surface area contributed by atoms with E-state index in [-0.39, 0.29) is 5.91 Å². The molecule has 1 atom stereocenters. The fourth-order valence-corrected chi connectivity index (χ4v) is 3.60. The fraction of sp³-hybridized carbons (Fsp3) is 0.158. The number of amides is 1. The number of rotatable bonds is 5. The van der Waals surface area contributed by atoms with E-state index >= 15 is 0 Å². The van der Waals surface area contributed by atoms with Crippen molar-refractivity contribution in [3.8, 4) is 5.69 Å². The predicted octanol–water partition coefficient (Wildman–Crippen LogP) is 3.81.